The van der Waals surface area contributed by atoms with Crippen LogP contribution in [0.1, 0.15) is 11.1 Å². The number of ether oxygens (including phenoxy) is 2. The van der Waals surface area contributed by atoms with Crippen molar-refractivity contribution in [2.24, 2.45) is 0 Å². The van der Waals surface area contributed by atoms with Crippen LogP contribution in [0, 0.1) is 0 Å². The predicted molar refractivity (Wildman–Crippen MR) is 74.2 cm³/mol. The fourth-order valence-electron chi connectivity index (χ4n) is 2.21. The minimum atomic E-state index is -1.01. The van der Waals surface area contributed by atoms with Gasteiger partial charge in [0.1, 0.15) is 0 Å². The summed E-state index contributed by atoms with van der Waals surface area (Å²) < 4.78 is 10.5. The third-order valence-electron chi connectivity index (χ3n) is 3.22. The molecule has 0 unspecified atom stereocenters. The van der Waals surface area contributed by atoms with E-state index in [1.165, 1.54) is 0 Å². The number of hydrogen-bond donors (Lipinski definition) is 0. The van der Waals surface area contributed by atoms with Crippen molar-refractivity contribution in [3.63, 3.8) is 0 Å². The molecular formula is C13H15Cl2NO3. The first-order valence-corrected chi connectivity index (χ1v) is 6.74. The van der Waals surface area contributed by atoms with E-state index in [-0.39, 0.29) is 5.91 Å². The van der Waals surface area contributed by atoms with Gasteiger partial charge in [0.2, 0.25) is 0 Å². The van der Waals surface area contributed by atoms with Crippen LogP contribution in [0.15, 0.2) is 12.1 Å². The fraction of sp³-hybridized carbons (Fsp3) is 0.462. The lowest BCUT2D eigenvalue weighted by Crippen LogP contribution is -2.38. The quantitative estimate of drug-likeness (QED) is 0.805. The molecule has 0 bridgehead atoms. The molecule has 0 aliphatic carbocycles. The Morgan fingerprint density at radius 1 is 1.21 bits per heavy atom. The van der Waals surface area contributed by atoms with Crippen LogP contribution in [-0.2, 0) is 17.8 Å². The molecule has 2 rings (SSSR count). The normalized spacial score (nSPS) is 14.3. The number of alkyl halides is 2. The fourth-order valence-corrected chi connectivity index (χ4v) is 2.49. The predicted octanol–water partition coefficient (Wildman–Crippen LogP) is 2.39. The van der Waals surface area contributed by atoms with Crippen LogP contribution in [0.5, 0.6) is 11.5 Å². The minimum Gasteiger partial charge on any atom is -0.493 e. The lowest BCUT2D eigenvalue weighted by molar-refractivity contribution is -0.130. The van der Waals surface area contributed by atoms with Gasteiger partial charge in [0, 0.05) is 13.1 Å². The van der Waals surface area contributed by atoms with Crippen LogP contribution < -0.4 is 9.47 Å². The molecule has 1 aliphatic heterocycles. The van der Waals surface area contributed by atoms with Crippen LogP contribution in [0.2, 0.25) is 0 Å². The average Bonchev–Trinajstić information content (AvgIpc) is 2.44. The van der Waals surface area contributed by atoms with Gasteiger partial charge in [-0.05, 0) is 29.7 Å². The van der Waals surface area contributed by atoms with Crippen molar-refractivity contribution in [3.05, 3.63) is 23.3 Å². The molecule has 0 fully saturated rings. The minimum absolute atomic E-state index is 0.260. The SMILES string of the molecule is COc1cc2c(cc1OC)CN(C(=O)C(Cl)Cl)CC2. The number of carbonyl (C=O) groups is 1. The number of methoxy groups -OCH3 is 2. The molecule has 1 amide bonds. The lowest BCUT2D eigenvalue weighted by atomic mass is 9.99. The number of halogens is 2. The molecule has 1 aromatic carbocycles. The van der Waals surface area contributed by atoms with Crippen molar-refractivity contribution in [2.75, 3.05) is 20.8 Å². The van der Waals surface area contributed by atoms with E-state index in [2.05, 4.69) is 0 Å². The van der Waals surface area contributed by atoms with Gasteiger partial charge in [0.25, 0.3) is 5.91 Å². The molecule has 0 spiro atoms. The molecule has 1 aromatic rings. The van der Waals surface area contributed by atoms with E-state index in [1.54, 1.807) is 19.1 Å². The van der Waals surface area contributed by atoms with E-state index in [0.717, 1.165) is 17.5 Å². The Morgan fingerprint density at radius 2 is 1.79 bits per heavy atom. The molecule has 0 atom stereocenters. The second kappa shape index (κ2) is 5.88. The molecule has 19 heavy (non-hydrogen) atoms. The smallest absolute Gasteiger partial charge is 0.256 e. The van der Waals surface area contributed by atoms with Gasteiger partial charge in [-0.1, -0.05) is 23.2 Å². The van der Waals surface area contributed by atoms with Crippen molar-refractivity contribution in [3.8, 4) is 11.5 Å². The molecule has 4 nitrogen and oxygen atoms in total. The molecule has 104 valence electrons. The zero-order chi connectivity index (χ0) is 14.0. The van der Waals surface area contributed by atoms with Gasteiger partial charge < -0.3 is 14.4 Å². The van der Waals surface area contributed by atoms with E-state index >= 15 is 0 Å². The highest BCUT2D eigenvalue weighted by molar-refractivity contribution is 6.53. The molecule has 6 heteroatoms. The second-order valence-electron chi connectivity index (χ2n) is 4.29. The maximum atomic E-state index is 11.8. The number of hydrogen-bond acceptors (Lipinski definition) is 3. The molecule has 0 radical (unpaired) electrons. The van der Waals surface area contributed by atoms with Crippen molar-refractivity contribution >= 4 is 29.1 Å². The summed E-state index contributed by atoms with van der Waals surface area (Å²) in [5, 5.41) is 0. The number of nitrogens with zero attached hydrogens (tertiary/aromatic N) is 1. The van der Waals surface area contributed by atoms with Gasteiger partial charge in [-0.15, -0.1) is 0 Å². The summed E-state index contributed by atoms with van der Waals surface area (Å²) >= 11 is 11.2. The molecule has 1 heterocycles. The van der Waals surface area contributed by atoms with Gasteiger partial charge in [-0.3, -0.25) is 4.79 Å². The Kier molecular flexibility index (Phi) is 4.42. The van der Waals surface area contributed by atoms with Gasteiger partial charge in [0.15, 0.2) is 16.3 Å². The summed E-state index contributed by atoms with van der Waals surface area (Å²) in [6, 6.07) is 3.85. The summed E-state index contributed by atoms with van der Waals surface area (Å²) in [7, 11) is 3.19. The van der Waals surface area contributed by atoms with Gasteiger partial charge in [-0.2, -0.15) is 0 Å². The highest BCUT2D eigenvalue weighted by atomic mass is 35.5. The molecular weight excluding hydrogens is 289 g/mol. The topological polar surface area (TPSA) is 38.8 Å². The summed E-state index contributed by atoms with van der Waals surface area (Å²) in [6.45, 7) is 1.10. The van der Waals surface area contributed by atoms with Gasteiger partial charge in [0.05, 0.1) is 14.2 Å². The van der Waals surface area contributed by atoms with Gasteiger partial charge >= 0.3 is 0 Å². The van der Waals surface area contributed by atoms with Crippen LogP contribution in [-0.4, -0.2) is 36.4 Å². The third-order valence-corrected chi connectivity index (χ3v) is 3.59. The van der Waals surface area contributed by atoms with Crippen molar-refractivity contribution in [2.45, 2.75) is 17.8 Å². The maximum absolute atomic E-state index is 11.8. The largest absolute Gasteiger partial charge is 0.493 e. The number of carbonyl (C=O) groups excluding carboxylic acids is 1. The second-order valence-corrected chi connectivity index (χ2v) is 5.38. The first-order chi connectivity index (χ1) is 9.06. The Bertz CT molecular complexity index is 491. The summed E-state index contributed by atoms with van der Waals surface area (Å²) in [6.07, 6.45) is 0.752. The van der Waals surface area contributed by atoms with Crippen LogP contribution in [0.4, 0.5) is 0 Å². The van der Waals surface area contributed by atoms with E-state index < -0.39 is 4.84 Å². The van der Waals surface area contributed by atoms with Crippen LogP contribution >= 0.6 is 23.2 Å². The number of fused-ring (bicyclic) bond motifs is 1. The Morgan fingerprint density at radius 3 is 2.32 bits per heavy atom. The molecule has 0 aromatic heterocycles. The van der Waals surface area contributed by atoms with Crippen molar-refractivity contribution in [1.82, 2.24) is 4.90 Å². The Balaban J connectivity index is 2.27. The van der Waals surface area contributed by atoms with Crippen LogP contribution in [0.3, 0.4) is 0 Å². The number of rotatable bonds is 3. The number of benzene rings is 1. The van der Waals surface area contributed by atoms with Crippen LogP contribution in [0.25, 0.3) is 0 Å². The lowest BCUT2D eigenvalue weighted by Gasteiger charge is -2.30. The average molecular weight is 304 g/mol. The van der Waals surface area contributed by atoms with E-state index in [0.29, 0.717) is 24.6 Å². The zero-order valence-electron chi connectivity index (χ0n) is 10.8. The number of amides is 1. The molecule has 0 saturated heterocycles. The third kappa shape index (κ3) is 2.90. The van der Waals surface area contributed by atoms with Gasteiger partial charge in [-0.25, -0.2) is 0 Å². The Hall–Kier alpha value is -1.13. The molecule has 0 saturated carbocycles. The van der Waals surface area contributed by atoms with Crippen molar-refractivity contribution in [1.29, 1.82) is 0 Å². The highest BCUT2D eigenvalue weighted by Crippen LogP contribution is 2.33. The summed E-state index contributed by atoms with van der Waals surface area (Å²) in [5.74, 6) is 1.10. The van der Waals surface area contributed by atoms with Crippen molar-refractivity contribution < 1.29 is 14.3 Å². The summed E-state index contributed by atoms with van der Waals surface area (Å²) in [5.41, 5.74) is 2.19. The first-order valence-electron chi connectivity index (χ1n) is 5.87. The van der Waals surface area contributed by atoms with E-state index in [9.17, 15) is 4.79 Å². The van der Waals surface area contributed by atoms with E-state index in [1.807, 2.05) is 12.1 Å². The molecule has 1 aliphatic rings. The maximum Gasteiger partial charge on any atom is 0.256 e. The van der Waals surface area contributed by atoms with E-state index in [4.69, 9.17) is 32.7 Å². The Labute approximate surface area is 122 Å². The highest BCUT2D eigenvalue weighted by Gasteiger charge is 2.25. The molecule has 0 N–H and O–H groups in total. The standard InChI is InChI=1S/C13H15Cl2NO3/c1-18-10-5-8-3-4-16(13(17)12(14)15)7-9(8)6-11(10)19-2/h5-6,12H,3-4,7H2,1-2H3. The summed E-state index contributed by atoms with van der Waals surface area (Å²) in [4.78, 5) is 12.4. The first kappa shape index (κ1) is 14.3. The monoisotopic (exact) mass is 303 g/mol. The zero-order valence-corrected chi connectivity index (χ0v) is 12.3.